The van der Waals surface area contributed by atoms with Gasteiger partial charge in [-0.1, -0.05) is 12.1 Å². The lowest BCUT2D eigenvalue weighted by Crippen LogP contribution is -2.31. The SMILES string of the molecule is Cc1nc2c([nH]1)C(c1cccc([N+](=O)[O-])c1)C(C#N)C(=N)O2. The molecule has 0 saturated carbocycles. The van der Waals surface area contributed by atoms with Crippen LogP contribution in [0.2, 0.25) is 0 Å². The summed E-state index contributed by atoms with van der Waals surface area (Å²) in [7, 11) is 0. The molecular weight excluding hydrogens is 286 g/mol. The van der Waals surface area contributed by atoms with E-state index >= 15 is 0 Å². The number of benzene rings is 1. The fourth-order valence-corrected chi connectivity index (χ4v) is 2.59. The minimum absolute atomic E-state index is 0.0648. The molecule has 2 unspecified atom stereocenters. The van der Waals surface area contributed by atoms with Crippen LogP contribution in [0.15, 0.2) is 24.3 Å². The summed E-state index contributed by atoms with van der Waals surface area (Å²) in [4.78, 5) is 17.6. The number of nitrogens with one attached hydrogen (secondary N) is 2. The lowest BCUT2D eigenvalue weighted by atomic mass is 9.82. The molecular formula is C14H11N5O3. The predicted octanol–water partition coefficient (Wildman–Crippen LogP) is 2.27. The highest BCUT2D eigenvalue weighted by Gasteiger charge is 2.39. The van der Waals surface area contributed by atoms with E-state index in [9.17, 15) is 15.4 Å². The molecule has 1 aromatic heterocycles. The molecule has 0 amide bonds. The van der Waals surface area contributed by atoms with Crippen LogP contribution in [0.25, 0.3) is 0 Å². The van der Waals surface area contributed by atoms with E-state index in [1.165, 1.54) is 12.1 Å². The summed E-state index contributed by atoms with van der Waals surface area (Å²) in [6.45, 7) is 1.73. The van der Waals surface area contributed by atoms with Crippen molar-refractivity contribution in [2.24, 2.45) is 5.92 Å². The number of H-pyrrole nitrogens is 1. The average molecular weight is 297 g/mol. The Bertz CT molecular complexity index is 820. The van der Waals surface area contributed by atoms with Gasteiger partial charge in [-0.2, -0.15) is 10.2 Å². The summed E-state index contributed by atoms with van der Waals surface area (Å²) in [5, 5.41) is 28.2. The van der Waals surface area contributed by atoms with Crippen LogP contribution in [0, 0.1) is 39.7 Å². The van der Waals surface area contributed by atoms with Gasteiger partial charge in [-0.05, 0) is 12.5 Å². The molecule has 2 heterocycles. The van der Waals surface area contributed by atoms with Gasteiger partial charge in [0.2, 0.25) is 11.8 Å². The zero-order chi connectivity index (χ0) is 15.9. The first-order valence-electron chi connectivity index (χ1n) is 6.48. The second kappa shape index (κ2) is 4.96. The summed E-state index contributed by atoms with van der Waals surface area (Å²) in [6.07, 6.45) is 0. The number of nitrogens with zero attached hydrogens (tertiary/aromatic N) is 3. The highest BCUT2D eigenvalue weighted by molar-refractivity contribution is 5.84. The Morgan fingerprint density at radius 1 is 1.55 bits per heavy atom. The number of aromatic nitrogens is 2. The molecule has 1 aromatic carbocycles. The number of hydrogen-bond acceptors (Lipinski definition) is 6. The second-order valence-corrected chi connectivity index (χ2v) is 4.94. The smallest absolute Gasteiger partial charge is 0.269 e. The van der Waals surface area contributed by atoms with Gasteiger partial charge in [-0.25, -0.2) is 0 Å². The number of nitro benzene ring substituents is 1. The van der Waals surface area contributed by atoms with Crippen molar-refractivity contribution in [2.45, 2.75) is 12.8 Å². The second-order valence-electron chi connectivity index (χ2n) is 4.94. The van der Waals surface area contributed by atoms with E-state index in [0.29, 0.717) is 17.1 Å². The number of rotatable bonds is 2. The van der Waals surface area contributed by atoms with Crippen molar-refractivity contribution in [1.29, 1.82) is 10.7 Å². The van der Waals surface area contributed by atoms with Gasteiger partial charge in [0, 0.05) is 12.1 Å². The van der Waals surface area contributed by atoms with Crippen molar-refractivity contribution in [3.05, 3.63) is 51.5 Å². The van der Waals surface area contributed by atoms with Crippen molar-refractivity contribution in [1.82, 2.24) is 9.97 Å². The summed E-state index contributed by atoms with van der Waals surface area (Å²) < 4.78 is 5.27. The van der Waals surface area contributed by atoms with E-state index in [0.717, 1.165) is 0 Å². The standard InChI is InChI=1S/C14H11N5O3/c1-7-17-12-11(8-3-2-4-9(5-8)19(20)21)10(6-15)13(16)22-14(12)18-7/h2-5,10-11,16H,1H3,(H,17,18). The highest BCUT2D eigenvalue weighted by atomic mass is 16.6. The van der Waals surface area contributed by atoms with E-state index in [2.05, 4.69) is 9.97 Å². The largest absolute Gasteiger partial charge is 0.422 e. The number of aromatic amines is 1. The number of non-ortho nitro benzene ring substituents is 1. The van der Waals surface area contributed by atoms with Crippen LogP contribution in [0.1, 0.15) is 23.0 Å². The minimum atomic E-state index is -0.866. The third-order valence-electron chi connectivity index (χ3n) is 3.53. The first-order chi connectivity index (χ1) is 10.5. The monoisotopic (exact) mass is 297 g/mol. The third-order valence-corrected chi connectivity index (χ3v) is 3.53. The van der Waals surface area contributed by atoms with Crippen LogP contribution in [-0.2, 0) is 0 Å². The zero-order valence-corrected chi connectivity index (χ0v) is 11.5. The Morgan fingerprint density at radius 3 is 3.00 bits per heavy atom. The molecule has 22 heavy (non-hydrogen) atoms. The predicted molar refractivity (Wildman–Crippen MR) is 75.7 cm³/mol. The fraction of sp³-hybridized carbons (Fsp3) is 0.214. The molecule has 0 aliphatic carbocycles. The number of hydrogen-bond donors (Lipinski definition) is 2. The van der Waals surface area contributed by atoms with E-state index < -0.39 is 16.8 Å². The number of fused-ring (bicyclic) bond motifs is 1. The van der Waals surface area contributed by atoms with Gasteiger partial charge in [-0.3, -0.25) is 15.5 Å². The van der Waals surface area contributed by atoms with E-state index in [4.69, 9.17) is 10.1 Å². The normalized spacial score (nSPS) is 19.9. The number of nitro groups is 1. The van der Waals surface area contributed by atoms with Gasteiger partial charge in [0.05, 0.1) is 22.6 Å². The van der Waals surface area contributed by atoms with Gasteiger partial charge in [0.25, 0.3) is 5.69 Å². The molecule has 2 atom stereocenters. The molecule has 2 aromatic rings. The average Bonchev–Trinajstić information content (AvgIpc) is 2.85. The first-order valence-corrected chi connectivity index (χ1v) is 6.48. The quantitative estimate of drug-likeness (QED) is 0.648. The van der Waals surface area contributed by atoms with Gasteiger partial charge < -0.3 is 9.72 Å². The van der Waals surface area contributed by atoms with E-state index in [-0.39, 0.29) is 17.5 Å². The molecule has 1 aliphatic rings. The summed E-state index contributed by atoms with van der Waals surface area (Å²) >= 11 is 0. The lowest BCUT2D eigenvalue weighted by Gasteiger charge is -2.26. The van der Waals surface area contributed by atoms with Gasteiger partial charge in [0.1, 0.15) is 11.7 Å². The molecule has 0 bridgehead atoms. The van der Waals surface area contributed by atoms with Crippen LogP contribution in [0.4, 0.5) is 5.69 Å². The van der Waals surface area contributed by atoms with Crippen LogP contribution in [0.3, 0.4) is 0 Å². The van der Waals surface area contributed by atoms with Crippen molar-refractivity contribution in [3.63, 3.8) is 0 Å². The molecule has 0 spiro atoms. The maximum Gasteiger partial charge on any atom is 0.269 e. The first kappa shape index (κ1) is 13.8. The third kappa shape index (κ3) is 2.09. The molecule has 8 heteroatoms. The molecule has 0 saturated heterocycles. The Kier molecular flexibility index (Phi) is 3.10. The Hall–Kier alpha value is -3.21. The lowest BCUT2D eigenvalue weighted by molar-refractivity contribution is -0.384. The number of nitriles is 1. The fourth-order valence-electron chi connectivity index (χ4n) is 2.59. The minimum Gasteiger partial charge on any atom is -0.422 e. The molecule has 1 aliphatic heterocycles. The van der Waals surface area contributed by atoms with Gasteiger partial charge in [-0.15, -0.1) is 0 Å². The molecule has 2 N–H and O–H groups in total. The number of aryl methyl sites for hydroxylation is 1. The Balaban J connectivity index is 2.18. The summed E-state index contributed by atoms with van der Waals surface area (Å²) in [5.41, 5.74) is 1.06. The Labute approximate surface area is 125 Å². The molecule has 3 rings (SSSR count). The van der Waals surface area contributed by atoms with Crippen LogP contribution in [-0.4, -0.2) is 20.8 Å². The van der Waals surface area contributed by atoms with Crippen LogP contribution >= 0.6 is 0 Å². The van der Waals surface area contributed by atoms with Crippen LogP contribution < -0.4 is 4.74 Å². The molecule has 0 fully saturated rings. The maximum atomic E-state index is 11.0. The van der Waals surface area contributed by atoms with E-state index in [1.54, 1.807) is 19.1 Å². The van der Waals surface area contributed by atoms with Crippen molar-refractivity contribution < 1.29 is 9.66 Å². The Morgan fingerprint density at radius 2 is 2.32 bits per heavy atom. The summed E-state index contributed by atoms with van der Waals surface area (Å²) in [5.74, 6) is -0.799. The summed E-state index contributed by atoms with van der Waals surface area (Å²) in [6, 6.07) is 8.08. The molecule has 8 nitrogen and oxygen atoms in total. The maximum absolute atomic E-state index is 11.0. The van der Waals surface area contributed by atoms with Crippen molar-refractivity contribution >= 4 is 11.6 Å². The molecule has 110 valence electrons. The molecule has 0 radical (unpaired) electrons. The van der Waals surface area contributed by atoms with Gasteiger partial charge >= 0.3 is 0 Å². The topological polar surface area (TPSA) is 129 Å². The van der Waals surface area contributed by atoms with E-state index in [1.807, 2.05) is 6.07 Å². The number of ether oxygens (including phenoxy) is 1. The number of imidazole rings is 1. The van der Waals surface area contributed by atoms with Crippen molar-refractivity contribution in [3.8, 4) is 11.9 Å². The van der Waals surface area contributed by atoms with Crippen LogP contribution in [0.5, 0.6) is 5.88 Å². The van der Waals surface area contributed by atoms with Crippen molar-refractivity contribution in [2.75, 3.05) is 0 Å². The highest BCUT2D eigenvalue weighted by Crippen LogP contribution is 2.41. The zero-order valence-electron chi connectivity index (χ0n) is 11.5. The van der Waals surface area contributed by atoms with Gasteiger partial charge in [0.15, 0.2) is 0 Å².